The maximum atomic E-state index is 13.3. The molecule has 0 amide bonds. The molecule has 0 spiro atoms. The second-order valence-corrected chi connectivity index (χ2v) is 10.8. The van der Waals surface area contributed by atoms with E-state index in [1.807, 2.05) is 0 Å². The molecule has 0 saturated carbocycles. The first-order chi connectivity index (χ1) is 17.0. The number of phenols is 2. The van der Waals surface area contributed by atoms with E-state index in [0.717, 1.165) is 12.8 Å². The predicted octanol–water partition coefficient (Wildman–Crippen LogP) is 5.39. The quantitative estimate of drug-likeness (QED) is 0.387. The van der Waals surface area contributed by atoms with E-state index >= 15 is 0 Å². The van der Waals surface area contributed by atoms with Gasteiger partial charge in [-0.05, 0) is 46.6 Å². The third-order valence-corrected chi connectivity index (χ3v) is 6.55. The van der Waals surface area contributed by atoms with Crippen LogP contribution in [0.25, 0.3) is 0 Å². The summed E-state index contributed by atoms with van der Waals surface area (Å²) in [5, 5.41) is 25.9. The molecule has 0 unspecified atom stereocenters. The van der Waals surface area contributed by atoms with Gasteiger partial charge in [-0.3, -0.25) is 9.59 Å². The lowest BCUT2D eigenvalue weighted by Gasteiger charge is -2.46. The summed E-state index contributed by atoms with van der Waals surface area (Å²) >= 11 is 0. The van der Waals surface area contributed by atoms with Crippen LogP contribution in [0, 0.1) is 0 Å². The molecule has 1 heterocycles. The van der Waals surface area contributed by atoms with Gasteiger partial charge in [-0.2, -0.15) is 0 Å². The summed E-state index contributed by atoms with van der Waals surface area (Å²) < 4.78 is 6.20. The molecule has 0 bridgehead atoms. The van der Waals surface area contributed by atoms with Crippen molar-refractivity contribution in [2.75, 3.05) is 0 Å². The largest absolute Gasteiger partial charge is 0.507 e. The minimum absolute atomic E-state index is 0.0326. The second-order valence-electron chi connectivity index (χ2n) is 10.8. The Bertz CT molecular complexity index is 1170. The highest BCUT2D eigenvalue weighted by molar-refractivity contribution is 6.16. The number of hydrogen-bond acceptors (Lipinski definition) is 6. The molecular weight excluding hydrogens is 454 g/mol. The third-order valence-electron chi connectivity index (χ3n) is 6.55. The van der Waals surface area contributed by atoms with Gasteiger partial charge in [0.25, 0.3) is 0 Å². The number of rotatable bonds is 7. The lowest BCUT2D eigenvalue weighted by atomic mass is 9.81. The van der Waals surface area contributed by atoms with Gasteiger partial charge in [0.15, 0.2) is 11.6 Å². The minimum atomic E-state index is -0.444. The number of benzene rings is 3. The highest BCUT2D eigenvalue weighted by Gasteiger charge is 2.38. The number of ketones is 2. The maximum Gasteiger partial charge on any atom is 0.196 e. The summed E-state index contributed by atoms with van der Waals surface area (Å²) in [4.78, 5) is 26.6. The number of carbonyl (C=O) groups excluding carboxylic acids is 2. The molecular formula is C30H33NO5. The molecule has 36 heavy (non-hydrogen) atoms. The molecule has 6 heteroatoms. The van der Waals surface area contributed by atoms with Crippen LogP contribution in [0.3, 0.4) is 0 Å². The monoisotopic (exact) mass is 487 g/mol. The molecule has 0 aliphatic carbocycles. The van der Waals surface area contributed by atoms with Crippen LogP contribution < -0.4 is 5.32 Å². The number of piperidine rings is 1. The highest BCUT2D eigenvalue weighted by Crippen LogP contribution is 2.38. The average Bonchev–Trinajstić information content (AvgIpc) is 2.82. The van der Waals surface area contributed by atoms with Gasteiger partial charge in [-0.25, -0.2) is 0 Å². The van der Waals surface area contributed by atoms with Crippen LogP contribution in [0.4, 0.5) is 0 Å². The van der Waals surface area contributed by atoms with E-state index in [9.17, 15) is 19.8 Å². The molecule has 0 aromatic heterocycles. The molecule has 1 aliphatic heterocycles. The van der Waals surface area contributed by atoms with Crippen molar-refractivity contribution in [1.82, 2.24) is 5.32 Å². The Balaban J connectivity index is 1.74. The Morgan fingerprint density at radius 3 is 1.64 bits per heavy atom. The van der Waals surface area contributed by atoms with Crippen molar-refractivity contribution in [1.29, 1.82) is 0 Å². The Labute approximate surface area is 211 Å². The van der Waals surface area contributed by atoms with Gasteiger partial charge < -0.3 is 20.3 Å². The van der Waals surface area contributed by atoms with Crippen LogP contribution in [-0.4, -0.2) is 39.0 Å². The zero-order chi connectivity index (χ0) is 26.1. The number of aromatic hydroxyl groups is 2. The van der Waals surface area contributed by atoms with Crippen LogP contribution in [0.15, 0.2) is 66.7 Å². The molecule has 4 rings (SSSR count). The van der Waals surface area contributed by atoms with E-state index < -0.39 is 11.6 Å². The zero-order valence-corrected chi connectivity index (χ0v) is 21.2. The first-order valence-corrected chi connectivity index (χ1v) is 12.2. The molecule has 0 radical (unpaired) electrons. The first kappa shape index (κ1) is 25.6. The summed E-state index contributed by atoms with van der Waals surface area (Å²) in [6, 6.07) is 18.3. The van der Waals surface area contributed by atoms with Crippen LogP contribution >= 0.6 is 0 Å². The Hall–Kier alpha value is -3.48. The van der Waals surface area contributed by atoms with Crippen molar-refractivity contribution in [3.8, 4) is 11.5 Å². The zero-order valence-electron chi connectivity index (χ0n) is 21.2. The number of phenolic OH excluding ortho intramolecular Hbond substituents is 2. The summed E-state index contributed by atoms with van der Waals surface area (Å²) in [6.45, 7) is 8.29. The van der Waals surface area contributed by atoms with Crippen molar-refractivity contribution in [3.05, 3.63) is 94.5 Å². The second kappa shape index (κ2) is 9.88. The molecule has 188 valence electrons. The van der Waals surface area contributed by atoms with Gasteiger partial charge in [-0.15, -0.1) is 0 Å². The molecule has 1 fully saturated rings. The Morgan fingerprint density at radius 2 is 1.22 bits per heavy atom. The molecule has 3 aromatic rings. The van der Waals surface area contributed by atoms with Crippen molar-refractivity contribution in [2.45, 2.75) is 64.3 Å². The average molecular weight is 488 g/mol. The van der Waals surface area contributed by atoms with Crippen molar-refractivity contribution in [3.63, 3.8) is 0 Å². The van der Waals surface area contributed by atoms with Crippen LogP contribution in [-0.2, 0) is 11.3 Å². The lowest BCUT2D eigenvalue weighted by Crippen LogP contribution is -2.59. The smallest absolute Gasteiger partial charge is 0.196 e. The molecule has 3 N–H and O–H groups in total. The molecule has 0 atom stereocenters. The molecule has 6 nitrogen and oxygen atoms in total. The van der Waals surface area contributed by atoms with Gasteiger partial charge in [-0.1, -0.05) is 60.7 Å². The molecule has 1 saturated heterocycles. The topological polar surface area (TPSA) is 95.9 Å². The molecule has 1 aliphatic rings. The van der Waals surface area contributed by atoms with Gasteiger partial charge in [0.2, 0.25) is 0 Å². The maximum absolute atomic E-state index is 13.3. The highest BCUT2D eigenvalue weighted by atomic mass is 16.5. The SMILES string of the molecule is CC1(C)CC(OCc2c(O)c(C(=O)c3ccccc3)cc(C(=O)c3ccccc3)c2O)CC(C)(C)N1. The minimum Gasteiger partial charge on any atom is -0.507 e. The number of ether oxygens (including phenoxy) is 1. The number of nitrogens with one attached hydrogen (secondary N) is 1. The van der Waals surface area contributed by atoms with Crippen molar-refractivity contribution < 1.29 is 24.5 Å². The van der Waals surface area contributed by atoms with E-state index in [0.29, 0.717) is 11.1 Å². The number of hydrogen-bond donors (Lipinski definition) is 3. The van der Waals surface area contributed by atoms with E-state index in [4.69, 9.17) is 4.74 Å². The van der Waals surface area contributed by atoms with Crippen LogP contribution in [0.2, 0.25) is 0 Å². The Morgan fingerprint density at radius 1 is 0.806 bits per heavy atom. The normalized spacial score (nSPS) is 17.0. The summed E-state index contributed by atoms with van der Waals surface area (Å²) in [5.41, 5.74) is 0.345. The number of carbonyl (C=O) groups is 2. The van der Waals surface area contributed by atoms with Crippen molar-refractivity contribution in [2.24, 2.45) is 0 Å². The van der Waals surface area contributed by atoms with E-state index in [-0.39, 0.29) is 52.0 Å². The predicted molar refractivity (Wildman–Crippen MR) is 139 cm³/mol. The van der Waals surface area contributed by atoms with Gasteiger partial charge in [0.05, 0.1) is 29.4 Å². The summed E-state index contributed by atoms with van der Waals surface area (Å²) in [6.07, 6.45) is 1.32. The fourth-order valence-electron chi connectivity index (χ4n) is 5.24. The third kappa shape index (κ3) is 5.50. The standard InChI is InChI=1S/C30H33NO5/c1-29(2)16-21(17-30(3,4)31-29)36-18-24-27(34)22(25(32)19-11-7-5-8-12-19)15-23(28(24)35)26(33)20-13-9-6-10-14-20/h5-15,21,31,34-35H,16-18H2,1-4H3. The lowest BCUT2D eigenvalue weighted by molar-refractivity contribution is -0.0313. The van der Waals surface area contributed by atoms with E-state index in [2.05, 4.69) is 33.0 Å². The summed E-state index contributed by atoms with van der Waals surface area (Å²) in [7, 11) is 0. The molecule has 3 aromatic carbocycles. The first-order valence-electron chi connectivity index (χ1n) is 12.2. The van der Waals surface area contributed by atoms with Crippen molar-refractivity contribution >= 4 is 11.6 Å². The Kier molecular flexibility index (Phi) is 7.03. The van der Waals surface area contributed by atoms with Gasteiger partial charge >= 0.3 is 0 Å². The fourth-order valence-corrected chi connectivity index (χ4v) is 5.24. The van der Waals surface area contributed by atoms with E-state index in [1.54, 1.807) is 60.7 Å². The van der Waals surface area contributed by atoms with Crippen LogP contribution in [0.5, 0.6) is 11.5 Å². The fraction of sp³-hybridized carbons (Fsp3) is 0.333. The summed E-state index contributed by atoms with van der Waals surface area (Å²) in [5.74, 6) is -1.64. The van der Waals surface area contributed by atoms with E-state index in [1.165, 1.54) is 6.07 Å². The van der Waals surface area contributed by atoms with Crippen LogP contribution in [0.1, 0.15) is 77.9 Å². The van der Waals surface area contributed by atoms with Gasteiger partial charge in [0.1, 0.15) is 11.5 Å². The van der Waals surface area contributed by atoms with Gasteiger partial charge in [0, 0.05) is 22.2 Å².